The van der Waals surface area contributed by atoms with Gasteiger partial charge in [-0.1, -0.05) is 23.9 Å². The van der Waals surface area contributed by atoms with Gasteiger partial charge in [0.2, 0.25) is 0 Å². The van der Waals surface area contributed by atoms with Crippen LogP contribution in [0.2, 0.25) is 0 Å². The van der Waals surface area contributed by atoms with Gasteiger partial charge in [-0.05, 0) is 36.0 Å². The van der Waals surface area contributed by atoms with Crippen molar-refractivity contribution in [3.63, 3.8) is 0 Å². The first-order valence-electron chi connectivity index (χ1n) is 8.42. The Balaban J connectivity index is 1.65. The topological polar surface area (TPSA) is 80.4 Å². The maximum atomic E-state index is 12.6. The number of hydrogen-bond donors (Lipinski definition) is 1. The molecule has 1 N–H and O–H groups in total. The molecule has 28 heavy (non-hydrogen) atoms. The molecular weight excluding hydrogens is 396 g/mol. The molecule has 9 heteroatoms. The zero-order valence-electron chi connectivity index (χ0n) is 15.7. The number of furan rings is 1. The Morgan fingerprint density at radius 3 is 2.71 bits per heavy atom. The summed E-state index contributed by atoms with van der Waals surface area (Å²) in [5.41, 5.74) is 0.563. The third kappa shape index (κ3) is 4.99. The van der Waals surface area contributed by atoms with E-state index in [1.54, 1.807) is 50.6 Å². The number of thioether (sulfide) groups is 2. The number of para-hydroxylation sites is 1. The minimum atomic E-state index is -0.362. The number of hydrogen-bond acceptors (Lipinski definition) is 6. The first-order chi connectivity index (χ1) is 13.4. The molecule has 0 atom stereocenters. The average Bonchev–Trinajstić information content (AvgIpc) is 3.30. The third-order valence-corrected chi connectivity index (χ3v) is 5.90. The summed E-state index contributed by atoms with van der Waals surface area (Å²) < 4.78 is 7.58. The van der Waals surface area contributed by atoms with E-state index in [9.17, 15) is 9.59 Å². The lowest BCUT2D eigenvalue weighted by Crippen LogP contribution is -2.17. The van der Waals surface area contributed by atoms with E-state index < -0.39 is 0 Å². The number of carbonyl (C=O) groups is 2. The summed E-state index contributed by atoms with van der Waals surface area (Å²) in [6.45, 7) is 0. The molecule has 3 rings (SSSR count). The van der Waals surface area contributed by atoms with Crippen LogP contribution < -0.4 is 5.32 Å². The van der Waals surface area contributed by atoms with Gasteiger partial charge in [-0.25, -0.2) is 4.98 Å². The number of carbonyl (C=O) groups excluding carboxylic acids is 2. The fourth-order valence-corrected chi connectivity index (χ4v) is 3.81. The van der Waals surface area contributed by atoms with Crippen molar-refractivity contribution in [3.8, 4) is 0 Å². The van der Waals surface area contributed by atoms with Crippen molar-refractivity contribution in [3.05, 3.63) is 60.3 Å². The molecule has 0 unspecified atom stereocenters. The maximum Gasteiger partial charge on any atom is 0.291 e. The molecule has 2 heterocycles. The summed E-state index contributed by atoms with van der Waals surface area (Å²) in [7, 11) is 5.29. The van der Waals surface area contributed by atoms with Gasteiger partial charge in [-0.3, -0.25) is 9.59 Å². The highest BCUT2D eigenvalue weighted by molar-refractivity contribution is 8.13. The second kappa shape index (κ2) is 9.03. The highest BCUT2D eigenvalue weighted by Gasteiger charge is 2.16. The second-order valence-corrected chi connectivity index (χ2v) is 8.02. The molecule has 3 aromatic rings. The van der Waals surface area contributed by atoms with E-state index in [4.69, 9.17) is 4.42 Å². The average molecular weight is 417 g/mol. The van der Waals surface area contributed by atoms with Gasteiger partial charge in [0.15, 0.2) is 10.9 Å². The SMILES string of the molecule is CN(C)C(=O)Sc1ccccc1NC(=O)c1ccc(CSc2nccn2C)o1. The fourth-order valence-electron chi connectivity index (χ4n) is 2.23. The highest BCUT2D eigenvalue weighted by Crippen LogP contribution is 2.29. The van der Waals surface area contributed by atoms with Crippen LogP contribution in [0.5, 0.6) is 0 Å². The molecule has 0 aliphatic heterocycles. The summed E-state index contributed by atoms with van der Waals surface area (Å²) >= 11 is 2.59. The predicted octanol–water partition coefficient (Wildman–Crippen LogP) is 4.33. The Morgan fingerprint density at radius 1 is 1.21 bits per heavy atom. The molecule has 0 aliphatic carbocycles. The van der Waals surface area contributed by atoms with Crippen LogP contribution in [0.15, 0.2) is 63.3 Å². The van der Waals surface area contributed by atoms with Crippen LogP contribution in [-0.4, -0.2) is 39.7 Å². The molecule has 0 saturated heterocycles. The summed E-state index contributed by atoms with van der Waals surface area (Å²) in [6.07, 6.45) is 3.61. The molecule has 0 radical (unpaired) electrons. The van der Waals surface area contributed by atoms with Crippen LogP contribution in [-0.2, 0) is 12.8 Å². The number of rotatable bonds is 6. The number of imidazole rings is 1. The van der Waals surface area contributed by atoms with Crippen LogP contribution in [0, 0.1) is 0 Å². The van der Waals surface area contributed by atoms with Gasteiger partial charge >= 0.3 is 0 Å². The lowest BCUT2D eigenvalue weighted by molar-refractivity contribution is 0.0995. The Labute approximate surface area is 171 Å². The zero-order chi connectivity index (χ0) is 20.1. The number of aromatic nitrogens is 2. The van der Waals surface area contributed by atoms with Crippen LogP contribution >= 0.6 is 23.5 Å². The van der Waals surface area contributed by atoms with Crippen molar-refractivity contribution in [1.82, 2.24) is 14.5 Å². The lowest BCUT2D eigenvalue weighted by Gasteiger charge is -2.12. The summed E-state index contributed by atoms with van der Waals surface area (Å²) in [6, 6.07) is 10.6. The lowest BCUT2D eigenvalue weighted by atomic mass is 10.3. The minimum Gasteiger partial charge on any atom is -0.455 e. The van der Waals surface area contributed by atoms with E-state index in [1.165, 1.54) is 16.7 Å². The normalized spacial score (nSPS) is 10.7. The number of aryl methyl sites for hydroxylation is 1. The van der Waals surface area contributed by atoms with Gasteiger partial charge in [-0.15, -0.1) is 0 Å². The van der Waals surface area contributed by atoms with E-state index in [2.05, 4.69) is 10.3 Å². The number of amides is 2. The third-order valence-electron chi connectivity index (χ3n) is 3.70. The first kappa shape index (κ1) is 20.1. The molecule has 0 saturated carbocycles. The number of benzene rings is 1. The maximum absolute atomic E-state index is 12.6. The molecule has 0 spiro atoms. The summed E-state index contributed by atoms with van der Waals surface area (Å²) in [5, 5.41) is 3.57. The standard InChI is InChI=1S/C19H20N4O3S2/c1-22(2)19(25)28-16-7-5-4-6-14(16)21-17(24)15-9-8-13(26-15)12-27-18-20-10-11-23(18)3/h4-11H,12H2,1-3H3,(H,21,24). The molecule has 0 aliphatic rings. The van der Waals surface area contributed by atoms with Crippen molar-refractivity contribution in [1.29, 1.82) is 0 Å². The number of anilines is 1. The van der Waals surface area contributed by atoms with Crippen LogP contribution in [0.3, 0.4) is 0 Å². The minimum absolute atomic E-state index is 0.117. The van der Waals surface area contributed by atoms with Crippen molar-refractivity contribution in [2.45, 2.75) is 15.8 Å². The molecule has 7 nitrogen and oxygen atoms in total. The van der Waals surface area contributed by atoms with Crippen molar-refractivity contribution in [2.24, 2.45) is 7.05 Å². The Morgan fingerprint density at radius 2 is 2.00 bits per heavy atom. The van der Waals surface area contributed by atoms with E-state index in [0.717, 1.165) is 16.9 Å². The molecule has 1 aromatic carbocycles. The van der Waals surface area contributed by atoms with Gasteiger partial charge in [0.1, 0.15) is 5.76 Å². The quantitative estimate of drug-likeness (QED) is 0.603. The van der Waals surface area contributed by atoms with Crippen molar-refractivity contribution in [2.75, 3.05) is 19.4 Å². The zero-order valence-corrected chi connectivity index (χ0v) is 17.3. The van der Waals surface area contributed by atoms with E-state index in [1.807, 2.05) is 23.9 Å². The molecule has 0 bridgehead atoms. The Bertz CT molecular complexity index is 981. The molecule has 0 fully saturated rings. The summed E-state index contributed by atoms with van der Waals surface area (Å²) in [5.74, 6) is 1.11. The van der Waals surface area contributed by atoms with Gasteiger partial charge in [0.25, 0.3) is 11.1 Å². The van der Waals surface area contributed by atoms with Gasteiger partial charge in [0.05, 0.1) is 11.4 Å². The van der Waals surface area contributed by atoms with Crippen molar-refractivity contribution >= 4 is 40.4 Å². The first-order valence-corrected chi connectivity index (χ1v) is 10.2. The van der Waals surface area contributed by atoms with Gasteiger partial charge in [-0.2, -0.15) is 0 Å². The summed E-state index contributed by atoms with van der Waals surface area (Å²) in [4.78, 5) is 30.9. The number of nitrogens with zero attached hydrogens (tertiary/aromatic N) is 3. The fraction of sp³-hybridized carbons (Fsp3) is 0.211. The number of nitrogens with one attached hydrogen (secondary N) is 1. The Hall–Kier alpha value is -2.65. The van der Waals surface area contributed by atoms with Crippen molar-refractivity contribution < 1.29 is 14.0 Å². The van der Waals surface area contributed by atoms with Crippen LogP contribution in [0.1, 0.15) is 16.3 Å². The smallest absolute Gasteiger partial charge is 0.291 e. The van der Waals surface area contributed by atoms with Crippen LogP contribution in [0.25, 0.3) is 0 Å². The van der Waals surface area contributed by atoms with Crippen LogP contribution in [0.4, 0.5) is 10.5 Å². The molecule has 2 amide bonds. The highest BCUT2D eigenvalue weighted by atomic mass is 32.2. The molecule has 2 aromatic heterocycles. The van der Waals surface area contributed by atoms with E-state index in [-0.39, 0.29) is 16.9 Å². The van der Waals surface area contributed by atoms with Gasteiger partial charge < -0.3 is 19.2 Å². The Kier molecular flexibility index (Phi) is 6.48. The van der Waals surface area contributed by atoms with Gasteiger partial charge in [0, 0.05) is 38.4 Å². The molecule has 146 valence electrons. The van der Waals surface area contributed by atoms with E-state index >= 15 is 0 Å². The molecular formula is C19H20N4O3S2. The van der Waals surface area contributed by atoms with E-state index in [0.29, 0.717) is 22.1 Å². The second-order valence-electron chi connectivity index (χ2n) is 6.09. The largest absolute Gasteiger partial charge is 0.455 e. The predicted molar refractivity (Wildman–Crippen MR) is 111 cm³/mol. The monoisotopic (exact) mass is 416 g/mol.